The molecule has 0 saturated heterocycles. The van der Waals surface area contributed by atoms with Crippen molar-refractivity contribution in [3.8, 4) is 11.4 Å². The molecule has 0 unspecified atom stereocenters. The monoisotopic (exact) mass is 399 g/mol. The second-order valence-electron chi connectivity index (χ2n) is 6.60. The second kappa shape index (κ2) is 6.18. The maximum Gasteiger partial charge on any atom is 0.151 e. The molecule has 2 N–H and O–H groups in total. The lowest BCUT2D eigenvalue weighted by molar-refractivity contribution is 0.637. The van der Waals surface area contributed by atoms with Gasteiger partial charge in [0, 0.05) is 23.5 Å². The molecule has 0 aliphatic carbocycles. The maximum atomic E-state index is 14.1. The molecule has 0 amide bonds. The third-order valence-corrected chi connectivity index (χ3v) is 5.57. The quantitative estimate of drug-likeness (QED) is 0.489. The topological polar surface area (TPSA) is 69.7 Å². The molecule has 0 spiro atoms. The SMILES string of the molecule is Fc1cccc2[nH]c(-c3cccc4n[c]c(C5=CC6=CNSN6C=C5)nc34)nc12. The number of H-pyrrole nitrogens is 1. The van der Waals surface area contributed by atoms with Crippen LogP contribution in [0.25, 0.3) is 39.0 Å². The summed E-state index contributed by atoms with van der Waals surface area (Å²) in [5.74, 6) is 0.198. The fourth-order valence-electron chi connectivity index (χ4n) is 3.42. The molecule has 2 aliphatic heterocycles. The molecule has 2 aromatic carbocycles. The lowest BCUT2D eigenvalue weighted by Crippen LogP contribution is -2.06. The first-order valence-electron chi connectivity index (χ1n) is 8.91. The average Bonchev–Trinajstić information content (AvgIpc) is 3.40. The first-order chi connectivity index (χ1) is 14.3. The van der Waals surface area contributed by atoms with Crippen LogP contribution in [0.5, 0.6) is 0 Å². The van der Waals surface area contributed by atoms with Crippen LogP contribution in [-0.2, 0) is 0 Å². The van der Waals surface area contributed by atoms with Gasteiger partial charge in [0.25, 0.3) is 0 Å². The molecular weight excluding hydrogens is 387 g/mol. The summed E-state index contributed by atoms with van der Waals surface area (Å²) < 4.78 is 19.2. The Morgan fingerprint density at radius 2 is 2.00 bits per heavy atom. The van der Waals surface area contributed by atoms with Gasteiger partial charge in [-0.3, -0.25) is 4.31 Å². The molecular formula is C21H12FN6S. The van der Waals surface area contributed by atoms with Gasteiger partial charge in [-0.15, -0.1) is 0 Å². The van der Waals surface area contributed by atoms with E-state index in [1.54, 1.807) is 12.1 Å². The lowest BCUT2D eigenvalue weighted by Gasteiger charge is -2.17. The summed E-state index contributed by atoms with van der Waals surface area (Å²) in [4.78, 5) is 16.9. The fraction of sp³-hybridized carbons (Fsp3) is 0. The minimum atomic E-state index is -0.358. The third-order valence-electron chi connectivity index (χ3n) is 4.82. The van der Waals surface area contributed by atoms with Crippen LogP contribution in [0.1, 0.15) is 5.69 Å². The molecule has 139 valence electrons. The summed E-state index contributed by atoms with van der Waals surface area (Å²) in [5.41, 5.74) is 5.69. The number of aromatic amines is 1. The fourth-order valence-corrected chi connectivity index (χ4v) is 4.04. The summed E-state index contributed by atoms with van der Waals surface area (Å²) in [6.45, 7) is 0. The minimum absolute atomic E-state index is 0.311. The van der Waals surface area contributed by atoms with Crippen LogP contribution >= 0.6 is 12.1 Å². The molecule has 2 aliphatic rings. The number of nitrogens with one attached hydrogen (secondary N) is 2. The number of hydrogen-bond acceptors (Lipinski definition) is 6. The van der Waals surface area contributed by atoms with Crippen molar-refractivity contribution < 1.29 is 4.39 Å². The molecule has 29 heavy (non-hydrogen) atoms. The molecule has 6 rings (SSSR count). The minimum Gasteiger partial charge on any atom is -0.338 e. The van der Waals surface area contributed by atoms with E-state index in [4.69, 9.17) is 4.98 Å². The van der Waals surface area contributed by atoms with Crippen molar-refractivity contribution >= 4 is 39.8 Å². The highest BCUT2D eigenvalue weighted by Gasteiger charge is 2.19. The number of nitrogens with zero attached hydrogens (tertiary/aromatic N) is 4. The number of benzene rings is 2. The van der Waals surface area contributed by atoms with E-state index in [1.807, 2.05) is 47.1 Å². The van der Waals surface area contributed by atoms with Crippen LogP contribution in [0.2, 0.25) is 0 Å². The Kier molecular flexibility index (Phi) is 3.48. The normalized spacial score (nSPS) is 15.4. The Morgan fingerprint density at radius 1 is 1.07 bits per heavy atom. The number of imidazole rings is 1. The summed E-state index contributed by atoms with van der Waals surface area (Å²) >= 11 is 1.50. The van der Waals surface area contributed by atoms with Gasteiger partial charge in [-0.2, -0.15) is 0 Å². The Morgan fingerprint density at radius 3 is 2.93 bits per heavy atom. The van der Waals surface area contributed by atoms with Crippen LogP contribution < -0.4 is 4.72 Å². The molecule has 0 fully saturated rings. The number of hydrogen-bond donors (Lipinski definition) is 2. The van der Waals surface area contributed by atoms with Gasteiger partial charge in [-0.25, -0.2) is 19.3 Å². The number of aromatic nitrogens is 4. The Hall–Kier alpha value is -3.65. The van der Waals surface area contributed by atoms with Crippen LogP contribution in [0.15, 0.2) is 66.6 Å². The molecule has 0 bridgehead atoms. The van der Waals surface area contributed by atoms with Crippen molar-refractivity contribution in [2.24, 2.45) is 0 Å². The van der Waals surface area contributed by atoms with Crippen LogP contribution in [0, 0.1) is 12.0 Å². The zero-order valence-electron chi connectivity index (χ0n) is 14.8. The van der Waals surface area contributed by atoms with Crippen LogP contribution in [0.4, 0.5) is 4.39 Å². The average molecular weight is 399 g/mol. The number of para-hydroxylation sites is 2. The Bertz CT molecular complexity index is 1390. The van der Waals surface area contributed by atoms with Gasteiger partial charge < -0.3 is 9.71 Å². The molecule has 4 heterocycles. The number of fused-ring (bicyclic) bond motifs is 3. The van der Waals surface area contributed by atoms with Crippen molar-refractivity contribution in [1.29, 1.82) is 0 Å². The summed E-state index contributed by atoms with van der Waals surface area (Å²) in [7, 11) is 0. The van der Waals surface area contributed by atoms with Crippen molar-refractivity contribution in [1.82, 2.24) is 29.0 Å². The highest BCUT2D eigenvalue weighted by molar-refractivity contribution is 7.95. The van der Waals surface area contributed by atoms with E-state index >= 15 is 0 Å². The van der Waals surface area contributed by atoms with E-state index in [9.17, 15) is 4.39 Å². The highest BCUT2D eigenvalue weighted by atomic mass is 32.2. The predicted octanol–water partition coefficient (Wildman–Crippen LogP) is 4.33. The van der Waals surface area contributed by atoms with E-state index < -0.39 is 0 Å². The smallest absolute Gasteiger partial charge is 0.151 e. The molecule has 0 saturated carbocycles. The standard InChI is InChI=1S/C21H12FN6S/c22-15-4-2-6-17-20(15)27-21(26-17)14-3-1-5-16-19(14)25-18(11-23-16)12-7-8-28-13(9-12)10-24-29-28/h1-10,24H,(H,26,27). The van der Waals surface area contributed by atoms with E-state index in [1.165, 1.54) is 18.2 Å². The molecule has 6 nitrogen and oxygen atoms in total. The van der Waals surface area contributed by atoms with Crippen LogP contribution in [-0.4, -0.2) is 24.2 Å². The first kappa shape index (κ1) is 16.3. The van der Waals surface area contributed by atoms with E-state index in [2.05, 4.69) is 25.9 Å². The summed E-state index contributed by atoms with van der Waals surface area (Å²) in [5, 5.41) is 0. The number of halogens is 1. The first-order valence-corrected chi connectivity index (χ1v) is 9.69. The van der Waals surface area contributed by atoms with E-state index in [0.29, 0.717) is 33.6 Å². The molecule has 0 atom stereocenters. The van der Waals surface area contributed by atoms with Crippen molar-refractivity contribution in [3.63, 3.8) is 0 Å². The Labute approximate surface area is 169 Å². The Balaban J connectivity index is 1.52. The zero-order valence-corrected chi connectivity index (χ0v) is 15.7. The molecule has 2 aromatic heterocycles. The van der Waals surface area contributed by atoms with Gasteiger partial charge in [0.1, 0.15) is 23.1 Å². The lowest BCUT2D eigenvalue weighted by atomic mass is 10.1. The van der Waals surface area contributed by atoms with Crippen LogP contribution in [0.3, 0.4) is 0 Å². The molecule has 8 heteroatoms. The number of allylic oxidation sites excluding steroid dienone is 3. The summed E-state index contributed by atoms with van der Waals surface area (Å²) in [6.07, 6.45) is 10.9. The van der Waals surface area contributed by atoms with Gasteiger partial charge in [0.2, 0.25) is 0 Å². The van der Waals surface area contributed by atoms with Crippen molar-refractivity contribution in [3.05, 3.63) is 84.4 Å². The van der Waals surface area contributed by atoms with Crippen molar-refractivity contribution in [2.75, 3.05) is 0 Å². The number of rotatable bonds is 2. The predicted molar refractivity (Wildman–Crippen MR) is 111 cm³/mol. The third kappa shape index (κ3) is 2.60. The van der Waals surface area contributed by atoms with E-state index in [0.717, 1.165) is 16.8 Å². The van der Waals surface area contributed by atoms with E-state index in [-0.39, 0.29) is 5.82 Å². The summed E-state index contributed by atoms with van der Waals surface area (Å²) in [6, 6.07) is 10.5. The molecule has 4 aromatic rings. The maximum absolute atomic E-state index is 14.1. The second-order valence-corrected chi connectivity index (χ2v) is 7.41. The van der Waals surface area contributed by atoms with Gasteiger partial charge >= 0.3 is 0 Å². The molecule has 1 radical (unpaired) electrons. The highest BCUT2D eigenvalue weighted by Crippen LogP contribution is 2.32. The van der Waals surface area contributed by atoms with Gasteiger partial charge in [0.05, 0.1) is 34.6 Å². The van der Waals surface area contributed by atoms with Crippen molar-refractivity contribution in [2.45, 2.75) is 0 Å². The van der Waals surface area contributed by atoms with Gasteiger partial charge in [0.15, 0.2) is 5.82 Å². The van der Waals surface area contributed by atoms with Gasteiger partial charge in [-0.05, 0) is 36.4 Å². The van der Waals surface area contributed by atoms with Gasteiger partial charge in [-0.1, -0.05) is 12.1 Å². The zero-order chi connectivity index (χ0) is 19.4. The largest absolute Gasteiger partial charge is 0.338 e.